The molecule has 0 spiro atoms. The summed E-state index contributed by atoms with van der Waals surface area (Å²) in [4.78, 5) is 22.8. The van der Waals surface area contributed by atoms with Crippen molar-refractivity contribution in [2.45, 2.75) is 25.3 Å². The van der Waals surface area contributed by atoms with E-state index in [1.54, 1.807) is 6.07 Å². The number of ether oxygens (including phenoxy) is 1. The summed E-state index contributed by atoms with van der Waals surface area (Å²) < 4.78 is 5.16. The molecule has 0 aliphatic heterocycles. The van der Waals surface area contributed by atoms with Crippen LogP contribution in [0.3, 0.4) is 0 Å². The molecule has 0 amide bonds. The van der Waals surface area contributed by atoms with Crippen LogP contribution in [0.25, 0.3) is 11.3 Å². The average molecular weight is 380 g/mol. The predicted molar refractivity (Wildman–Crippen MR) is 103 cm³/mol. The molecule has 4 rings (SSSR count). The van der Waals surface area contributed by atoms with E-state index in [0.29, 0.717) is 34.8 Å². The van der Waals surface area contributed by atoms with Crippen LogP contribution in [0.2, 0.25) is 0 Å². The first-order valence-electron chi connectivity index (χ1n) is 8.67. The van der Waals surface area contributed by atoms with Gasteiger partial charge in [0, 0.05) is 24.4 Å². The van der Waals surface area contributed by atoms with Crippen molar-refractivity contribution >= 4 is 11.6 Å². The Kier molecular flexibility index (Phi) is 5.98. The van der Waals surface area contributed by atoms with Gasteiger partial charge in [-0.2, -0.15) is 10.4 Å². The molecule has 10 heteroatoms. The van der Waals surface area contributed by atoms with E-state index >= 15 is 0 Å². The number of nitriles is 1. The van der Waals surface area contributed by atoms with Crippen molar-refractivity contribution in [2.24, 2.45) is 5.73 Å². The quantitative estimate of drug-likeness (QED) is 0.532. The van der Waals surface area contributed by atoms with Crippen LogP contribution in [0, 0.1) is 11.3 Å². The van der Waals surface area contributed by atoms with Crippen LogP contribution >= 0.6 is 0 Å². The minimum Gasteiger partial charge on any atom is -0.482 e. The Bertz CT molecular complexity index is 1020. The lowest BCUT2D eigenvalue weighted by atomic mass is 9.95. The van der Waals surface area contributed by atoms with E-state index in [0.717, 1.165) is 0 Å². The molecule has 5 N–H and O–H groups in total. The Morgan fingerprint density at radius 1 is 1.32 bits per heavy atom. The third kappa shape index (κ3) is 4.52. The fourth-order valence-corrected chi connectivity index (χ4v) is 2.41. The highest BCUT2D eigenvalue weighted by Crippen LogP contribution is 2.24. The average Bonchev–Trinajstić information content (AvgIpc) is 3.15. The summed E-state index contributed by atoms with van der Waals surface area (Å²) in [6.07, 6.45) is 8.16. The monoisotopic (exact) mass is 380 g/mol. The van der Waals surface area contributed by atoms with Gasteiger partial charge in [0.25, 0.3) is 0 Å². The Balaban J connectivity index is 0.000000391. The lowest BCUT2D eigenvalue weighted by Crippen LogP contribution is -2.27. The number of aromatic amines is 2. The molecule has 3 heterocycles. The molecule has 144 valence electrons. The molecule has 1 fully saturated rings. The van der Waals surface area contributed by atoms with E-state index in [1.165, 1.54) is 51.0 Å². The highest BCUT2D eigenvalue weighted by Gasteiger charge is 2.13. The van der Waals surface area contributed by atoms with Crippen LogP contribution in [-0.4, -0.2) is 38.3 Å². The van der Waals surface area contributed by atoms with Crippen molar-refractivity contribution in [2.75, 3.05) is 12.4 Å². The summed E-state index contributed by atoms with van der Waals surface area (Å²) >= 11 is 0. The number of nitrogens with one attached hydrogen (secondary N) is 3. The first-order chi connectivity index (χ1) is 13.6. The molecule has 1 saturated carbocycles. The van der Waals surface area contributed by atoms with E-state index in [-0.39, 0.29) is 11.1 Å². The number of hydrogen-bond acceptors (Lipinski definition) is 8. The second-order valence-electron chi connectivity index (χ2n) is 6.13. The van der Waals surface area contributed by atoms with Gasteiger partial charge < -0.3 is 20.8 Å². The van der Waals surface area contributed by atoms with Gasteiger partial charge in [0.15, 0.2) is 16.9 Å². The van der Waals surface area contributed by atoms with Gasteiger partial charge in [-0.1, -0.05) is 6.42 Å². The Morgan fingerprint density at radius 2 is 2.11 bits per heavy atom. The smallest absolute Gasteiger partial charge is 0.204 e. The summed E-state index contributed by atoms with van der Waals surface area (Å²) in [5.74, 6) is 1.21. The maximum Gasteiger partial charge on any atom is 0.204 e. The molecule has 10 nitrogen and oxygen atoms in total. The minimum absolute atomic E-state index is 0.200. The fourth-order valence-electron chi connectivity index (χ4n) is 2.41. The zero-order chi connectivity index (χ0) is 19.9. The molecular weight excluding hydrogens is 360 g/mol. The number of hydrogen-bond donors (Lipinski definition) is 4. The number of pyridine rings is 1. The summed E-state index contributed by atoms with van der Waals surface area (Å²) in [7, 11) is 1.47. The summed E-state index contributed by atoms with van der Waals surface area (Å²) in [6, 6.07) is 5.50. The zero-order valence-corrected chi connectivity index (χ0v) is 15.3. The van der Waals surface area contributed by atoms with Crippen LogP contribution in [-0.2, 0) is 0 Å². The normalized spacial score (nSPS) is 12.9. The lowest BCUT2D eigenvalue weighted by molar-refractivity contribution is 0.399. The summed E-state index contributed by atoms with van der Waals surface area (Å²) in [5.41, 5.74) is 6.24. The number of aromatic nitrogens is 5. The minimum atomic E-state index is -0.200. The summed E-state index contributed by atoms with van der Waals surface area (Å²) in [5, 5.41) is 18.4. The van der Waals surface area contributed by atoms with E-state index in [9.17, 15) is 4.79 Å². The molecule has 0 atom stereocenters. The third-order valence-corrected chi connectivity index (χ3v) is 4.15. The molecule has 28 heavy (non-hydrogen) atoms. The van der Waals surface area contributed by atoms with Crippen LogP contribution in [0.5, 0.6) is 5.88 Å². The third-order valence-electron chi connectivity index (χ3n) is 4.15. The zero-order valence-electron chi connectivity index (χ0n) is 15.3. The van der Waals surface area contributed by atoms with Gasteiger partial charge in [-0.05, 0) is 12.8 Å². The molecule has 0 unspecified atom stereocenters. The van der Waals surface area contributed by atoms with Crippen molar-refractivity contribution in [1.29, 1.82) is 5.26 Å². The molecule has 0 saturated heterocycles. The number of methoxy groups -OCH3 is 1. The van der Waals surface area contributed by atoms with Gasteiger partial charge in [0.2, 0.25) is 5.88 Å². The standard InChI is InChI=1S/C14H11N7O2.C4H9N/c1-23-14-13(10(22)2-3-16-14)9-4-11(21-20-9)19-12-7-17-8(5-15)6-18-12;5-4-2-1-3-4/h2-4,6-7H,1H3,(H,16,22)(H2,18,19,20,21);4H,1-3,5H2. The molecule has 1 aliphatic carbocycles. The number of anilines is 2. The van der Waals surface area contributed by atoms with E-state index in [2.05, 4.69) is 30.5 Å². The van der Waals surface area contributed by atoms with Crippen molar-refractivity contribution in [3.8, 4) is 23.2 Å². The number of nitrogens with zero attached hydrogens (tertiary/aromatic N) is 4. The maximum absolute atomic E-state index is 12.0. The van der Waals surface area contributed by atoms with Gasteiger partial charge in [0.05, 0.1) is 25.2 Å². The number of rotatable bonds is 4. The van der Waals surface area contributed by atoms with Crippen LogP contribution in [0.4, 0.5) is 11.6 Å². The molecule has 0 radical (unpaired) electrons. The van der Waals surface area contributed by atoms with E-state index in [1.807, 2.05) is 6.07 Å². The van der Waals surface area contributed by atoms with Crippen molar-refractivity contribution in [3.05, 3.63) is 46.6 Å². The highest BCUT2D eigenvalue weighted by molar-refractivity contribution is 5.68. The van der Waals surface area contributed by atoms with Crippen molar-refractivity contribution < 1.29 is 4.74 Å². The molecule has 3 aromatic rings. The topological polar surface area (TPSA) is 158 Å². The van der Waals surface area contributed by atoms with Gasteiger partial charge >= 0.3 is 0 Å². The van der Waals surface area contributed by atoms with Crippen molar-refractivity contribution in [1.82, 2.24) is 25.1 Å². The van der Waals surface area contributed by atoms with Crippen LogP contribution in [0.1, 0.15) is 25.0 Å². The van der Waals surface area contributed by atoms with E-state index in [4.69, 9.17) is 15.7 Å². The molecule has 1 aliphatic rings. The number of nitrogens with two attached hydrogens (primary N) is 1. The van der Waals surface area contributed by atoms with Gasteiger partial charge in [-0.3, -0.25) is 9.89 Å². The van der Waals surface area contributed by atoms with E-state index < -0.39 is 0 Å². The maximum atomic E-state index is 12.0. The SMILES string of the molecule is COc1[nH]ccc(=O)c1-c1cc(Nc2cnc(C#N)cn2)n[nH]1.NC1CCC1. The van der Waals surface area contributed by atoms with Crippen molar-refractivity contribution in [3.63, 3.8) is 0 Å². The second kappa shape index (κ2) is 8.79. The molecule has 3 aromatic heterocycles. The highest BCUT2D eigenvalue weighted by atomic mass is 16.5. The molecule has 0 aromatic carbocycles. The molecular formula is C18H20N8O2. The first kappa shape index (κ1) is 19.1. The van der Waals surface area contributed by atoms with Gasteiger partial charge in [-0.25, -0.2) is 9.97 Å². The Morgan fingerprint density at radius 3 is 2.68 bits per heavy atom. The largest absolute Gasteiger partial charge is 0.482 e. The van der Waals surface area contributed by atoms with Gasteiger partial charge in [-0.15, -0.1) is 0 Å². The second-order valence-corrected chi connectivity index (χ2v) is 6.13. The van der Waals surface area contributed by atoms with Gasteiger partial charge in [0.1, 0.15) is 17.5 Å². The lowest BCUT2D eigenvalue weighted by Gasteiger charge is -2.18. The molecule has 0 bridgehead atoms. The Hall–Kier alpha value is -3.71. The van der Waals surface area contributed by atoms with Crippen LogP contribution < -0.4 is 21.2 Å². The Labute approximate surface area is 160 Å². The first-order valence-corrected chi connectivity index (χ1v) is 8.67. The summed E-state index contributed by atoms with van der Waals surface area (Å²) in [6.45, 7) is 0. The number of H-pyrrole nitrogens is 2. The predicted octanol–water partition coefficient (Wildman–Crippen LogP) is 1.68. The fraction of sp³-hybridized carbons (Fsp3) is 0.278. The van der Waals surface area contributed by atoms with Crippen LogP contribution in [0.15, 0.2) is 35.5 Å².